The molecule has 0 saturated heterocycles. The molecule has 1 heterocycles. The van der Waals surface area contributed by atoms with E-state index in [1.807, 2.05) is 24.3 Å². The Morgan fingerprint density at radius 3 is 2.43 bits per heavy atom. The summed E-state index contributed by atoms with van der Waals surface area (Å²) in [6.07, 6.45) is 2.86. The van der Waals surface area contributed by atoms with Crippen molar-refractivity contribution in [1.29, 1.82) is 0 Å². The van der Waals surface area contributed by atoms with E-state index in [0.717, 1.165) is 30.5 Å². The van der Waals surface area contributed by atoms with Crippen molar-refractivity contribution in [3.05, 3.63) is 53.6 Å². The highest BCUT2D eigenvalue weighted by Gasteiger charge is 2.26. The van der Waals surface area contributed by atoms with E-state index in [2.05, 4.69) is 0 Å². The number of phenols is 2. The minimum absolute atomic E-state index is 0.0331. The van der Waals surface area contributed by atoms with Crippen LogP contribution in [0.4, 0.5) is 5.69 Å². The number of nitrogens with zero attached hydrogens (tertiary/aromatic N) is 1. The number of amides is 1. The number of aromatic hydroxyl groups is 2. The van der Waals surface area contributed by atoms with Crippen molar-refractivity contribution in [1.82, 2.24) is 0 Å². The topological polar surface area (TPSA) is 60.8 Å². The fourth-order valence-electron chi connectivity index (χ4n) is 2.78. The Hall–Kier alpha value is -2.49. The maximum absolute atomic E-state index is 12.8. The van der Waals surface area contributed by atoms with Gasteiger partial charge in [-0.2, -0.15) is 0 Å². The Labute approximate surface area is 123 Å². The molecule has 2 aromatic rings. The highest BCUT2D eigenvalue weighted by Crippen LogP contribution is 2.32. The van der Waals surface area contributed by atoms with E-state index in [1.54, 1.807) is 4.90 Å². The minimum Gasteiger partial charge on any atom is -0.507 e. The zero-order valence-corrected chi connectivity index (χ0v) is 11.6. The number of aryl methyl sites for hydroxylation is 1. The summed E-state index contributed by atoms with van der Waals surface area (Å²) in [6.45, 7) is 0.587. The first-order valence-corrected chi connectivity index (χ1v) is 7.09. The molecular formula is C17H17NO3. The molecule has 1 aliphatic heterocycles. The quantitative estimate of drug-likeness (QED) is 0.845. The summed E-state index contributed by atoms with van der Waals surface area (Å²) in [5.41, 5.74) is 1.95. The van der Waals surface area contributed by atoms with Crippen LogP contribution in [-0.4, -0.2) is 22.7 Å². The van der Waals surface area contributed by atoms with Crippen LogP contribution in [0.1, 0.15) is 28.8 Å². The Morgan fingerprint density at radius 1 is 0.952 bits per heavy atom. The number of phenolic OH excluding ortho intramolecular Hbond substituents is 2. The van der Waals surface area contributed by atoms with E-state index < -0.39 is 0 Å². The minimum atomic E-state index is -0.361. The number of hydrogen-bond donors (Lipinski definition) is 2. The van der Waals surface area contributed by atoms with Crippen molar-refractivity contribution < 1.29 is 15.0 Å². The Kier molecular flexibility index (Phi) is 3.52. The molecule has 2 aromatic carbocycles. The molecule has 1 amide bonds. The molecule has 3 rings (SSSR count). The van der Waals surface area contributed by atoms with Crippen LogP contribution >= 0.6 is 0 Å². The van der Waals surface area contributed by atoms with Crippen molar-refractivity contribution in [2.24, 2.45) is 0 Å². The SMILES string of the molecule is O=C(c1c(O)cccc1O)N1CCCCc2ccccc21. The third-order valence-electron chi connectivity index (χ3n) is 3.84. The fourth-order valence-corrected chi connectivity index (χ4v) is 2.78. The normalized spacial score (nSPS) is 14.4. The first kappa shape index (κ1) is 13.5. The van der Waals surface area contributed by atoms with Crippen LogP contribution < -0.4 is 4.90 Å². The fraction of sp³-hybridized carbons (Fsp3) is 0.235. The number of carbonyl (C=O) groups excluding carboxylic acids is 1. The van der Waals surface area contributed by atoms with Gasteiger partial charge in [0.2, 0.25) is 0 Å². The molecule has 0 atom stereocenters. The van der Waals surface area contributed by atoms with Crippen molar-refractivity contribution in [2.75, 3.05) is 11.4 Å². The highest BCUT2D eigenvalue weighted by molar-refractivity contribution is 6.10. The van der Waals surface area contributed by atoms with Crippen molar-refractivity contribution in [3.8, 4) is 11.5 Å². The molecule has 0 spiro atoms. The zero-order chi connectivity index (χ0) is 14.8. The number of rotatable bonds is 1. The van der Waals surface area contributed by atoms with E-state index in [0.29, 0.717) is 6.54 Å². The van der Waals surface area contributed by atoms with Gasteiger partial charge in [0.1, 0.15) is 17.1 Å². The Balaban J connectivity index is 2.06. The maximum atomic E-state index is 12.8. The number of benzene rings is 2. The predicted molar refractivity (Wildman–Crippen MR) is 80.8 cm³/mol. The largest absolute Gasteiger partial charge is 0.507 e. The predicted octanol–water partition coefficient (Wildman–Crippen LogP) is 3.08. The first-order chi connectivity index (χ1) is 10.2. The Bertz CT molecular complexity index is 661. The summed E-state index contributed by atoms with van der Waals surface area (Å²) < 4.78 is 0. The van der Waals surface area contributed by atoms with Gasteiger partial charge in [0, 0.05) is 12.2 Å². The molecule has 108 valence electrons. The van der Waals surface area contributed by atoms with Crippen LogP contribution in [0.5, 0.6) is 11.5 Å². The molecule has 0 radical (unpaired) electrons. The second kappa shape index (κ2) is 5.48. The molecule has 2 N–H and O–H groups in total. The Morgan fingerprint density at radius 2 is 1.67 bits per heavy atom. The average molecular weight is 283 g/mol. The molecule has 4 heteroatoms. The van der Waals surface area contributed by atoms with Crippen LogP contribution in [0.15, 0.2) is 42.5 Å². The summed E-state index contributed by atoms with van der Waals surface area (Å²) in [5.74, 6) is -0.747. The summed E-state index contributed by atoms with van der Waals surface area (Å²) in [4.78, 5) is 14.4. The average Bonchev–Trinajstić information content (AvgIpc) is 2.69. The van der Waals surface area contributed by atoms with Gasteiger partial charge >= 0.3 is 0 Å². The van der Waals surface area contributed by atoms with Gasteiger partial charge in [-0.1, -0.05) is 24.3 Å². The van der Waals surface area contributed by atoms with Gasteiger partial charge in [-0.05, 0) is 43.0 Å². The van der Waals surface area contributed by atoms with Gasteiger partial charge in [-0.15, -0.1) is 0 Å². The number of fused-ring (bicyclic) bond motifs is 1. The van der Waals surface area contributed by atoms with E-state index in [4.69, 9.17) is 0 Å². The van der Waals surface area contributed by atoms with Crippen LogP contribution in [-0.2, 0) is 6.42 Å². The lowest BCUT2D eigenvalue weighted by Crippen LogP contribution is -2.31. The monoisotopic (exact) mass is 283 g/mol. The summed E-state index contributed by atoms with van der Waals surface area (Å²) in [5, 5.41) is 19.8. The molecule has 0 aliphatic carbocycles. The number of para-hydroxylation sites is 1. The summed E-state index contributed by atoms with van der Waals surface area (Å²) in [7, 11) is 0. The van der Waals surface area contributed by atoms with Gasteiger partial charge in [-0.25, -0.2) is 0 Å². The van der Waals surface area contributed by atoms with Crippen molar-refractivity contribution in [3.63, 3.8) is 0 Å². The van der Waals surface area contributed by atoms with Crippen LogP contribution in [0.3, 0.4) is 0 Å². The molecule has 4 nitrogen and oxygen atoms in total. The van der Waals surface area contributed by atoms with Crippen LogP contribution in [0.25, 0.3) is 0 Å². The highest BCUT2D eigenvalue weighted by atomic mass is 16.3. The van der Waals surface area contributed by atoms with Gasteiger partial charge in [0.15, 0.2) is 0 Å². The summed E-state index contributed by atoms with van der Waals surface area (Å²) in [6, 6.07) is 12.1. The number of anilines is 1. The van der Waals surface area contributed by atoms with E-state index in [1.165, 1.54) is 18.2 Å². The van der Waals surface area contributed by atoms with Gasteiger partial charge in [-0.3, -0.25) is 4.79 Å². The van der Waals surface area contributed by atoms with Gasteiger partial charge in [0.05, 0.1) is 0 Å². The smallest absolute Gasteiger partial charge is 0.265 e. The molecule has 0 fully saturated rings. The number of hydrogen-bond acceptors (Lipinski definition) is 3. The third kappa shape index (κ3) is 2.44. The second-order valence-corrected chi connectivity index (χ2v) is 5.21. The zero-order valence-electron chi connectivity index (χ0n) is 11.6. The lowest BCUT2D eigenvalue weighted by molar-refractivity contribution is 0.0981. The van der Waals surface area contributed by atoms with Crippen molar-refractivity contribution >= 4 is 11.6 Å². The molecule has 0 bridgehead atoms. The standard InChI is InChI=1S/C17H17NO3/c19-14-9-5-10-15(20)16(14)17(21)18-11-4-3-7-12-6-1-2-8-13(12)18/h1-2,5-6,8-10,19-20H,3-4,7,11H2. The van der Waals surface area contributed by atoms with E-state index in [9.17, 15) is 15.0 Å². The van der Waals surface area contributed by atoms with E-state index in [-0.39, 0.29) is 23.0 Å². The second-order valence-electron chi connectivity index (χ2n) is 5.21. The molecule has 1 aliphatic rings. The molecular weight excluding hydrogens is 266 g/mol. The maximum Gasteiger partial charge on any atom is 0.265 e. The first-order valence-electron chi connectivity index (χ1n) is 7.09. The molecule has 21 heavy (non-hydrogen) atoms. The lowest BCUT2D eigenvalue weighted by Gasteiger charge is -2.23. The number of carbonyl (C=O) groups is 1. The van der Waals surface area contributed by atoms with Gasteiger partial charge in [0.25, 0.3) is 5.91 Å². The summed E-state index contributed by atoms with van der Waals surface area (Å²) >= 11 is 0. The van der Waals surface area contributed by atoms with Crippen LogP contribution in [0.2, 0.25) is 0 Å². The van der Waals surface area contributed by atoms with E-state index >= 15 is 0 Å². The van der Waals surface area contributed by atoms with Crippen LogP contribution in [0, 0.1) is 0 Å². The molecule has 0 unspecified atom stereocenters. The third-order valence-corrected chi connectivity index (χ3v) is 3.84. The van der Waals surface area contributed by atoms with Gasteiger partial charge < -0.3 is 15.1 Å². The lowest BCUT2D eigenvalue weighted by atomic mass is 10.1. The molecule has 0 saturated carbocycles. The molecule has 0 aromatic heterocycles. The van der Waals surface area contributed by atoms with Crippen molar-refractivity contribution in [2.45, 2.75) is 19.3 Å².